The summed E-state index contributed by atoms with van der Waals surface area (Å²) in [6.45, 7) is 0. The van der Waals surface area contributed by atoms with Crippen LogP contribution in [0.1, 0.15) is 10.4 Å². The van der Waals surface area contributed by atoms with Crippen molar-refractivity contribution in [1.29, 1.82) is 0 Å². The Bertz CT molecular complexity index is 1270. The Labute approximate surface area is 186 Å². The number of aromatic nitrogens is 1. The lowest BCUT2D eigenvalue weighted by Gasteiger charge is -2.04. The van der Waals surface area contributed by atoms with Crippen molar-refractivity contribution in [2.75, 3.05) is 5.32 Å². The van der Waals surface area contributed by atoms with Gasteiger partial charge in [0.2, 0.25) is 5.89 Å². The van der Waals surface area contributed by atoms with Crippen LogP contribution in [0.4, 0.5) is 11.4 Å². The van der Waals surface area contributed by atoms with Gasteiger partial charge in [-0.15, -0.1) is 0 Å². The number of amides is 1. The number of fused-ring (bicyclic) bond motifs is 1. The smallest absolute Gasteiger partial charge is 0.270 e. The highest BCUT2D eigenvalue weighted by atomic mass is 127. The van der Waals surface area contributed by atoms with Crippen molar-refractivity contribution < 1.29 is 14.1 Å². The van der Waals surface area contributed by atoms with Gasteiger partial charge in [0.15, 0.2) is 5.58 Å². The van der Waals surface area contributed by atoms with E-state index in [4.69, 9.17) is 4.42 Å². The molecule has 0 saturated heterocycles. The van der Waals surface area contributed by atoms with Gasteiger partial charge in [-0.1, -0.05) is 6.07 Å². The summed E-state index contributed by atoms with van der Waals surface area (Å²) in [5, 5.41) is 13.6. The van der Waals surface area contributed by atoms with Crippen molar-refractivity contribution in [2.45, 2.75) is 0 Å². The first kappa shape index (κ1) is 19.5. The number of benzene rings is 3. The molecule has 0 aliphatic heterocycles. The third kappa shape index (κ3) is 4.15. The highest BCUT2D eigenvalue weighted by Crippen LogP contribution is 2.32. The van der Waals surface area contributed by atoms with Crippen molar-refractivity contribution in [2.24, 2.45) is 0 Å². The predicted octanol–water partition coefficient (Wildman–Crippen LogP) is 6.02. The van der Waals surface area contributed by atoms with Gasteiger partial charge in [0.1, 0.15) is 5.52 Å². The van der Waals surface area contributed by atoms with Crippen molar-refractivity contribution >= 4 is 66.9 Å². The molecule has 1 amide bonds. The lowest BCUT2D eigenvalue weighted by atomic mass is 10.2. The Kier molecular flexibility index (Phi) is 5.33. The fourth-order valence-corrected chi connectivity index (χ4v) is 3.65. The van der Waals surface area contributed by atoms with Crippen molar-refractivity contribution in [3.05, 3.63) is 84.4 Å². The number of nitro benzene ring substituents is 1. The number of hydrogen-bond acceptors (Lipinski definition) is 5. The molecule has 1 aromatic heterocycles. The molecule has 7 nitrogen and oxygen atoms in total. The molecule has 0 spiro atoms. The van der Waals surface area contributed by atoms with E-state index in [-0.39, 0.29) is 11.3 Å². The summed E-state index contributed by atoms with van der Waals surface area (Å²) in [6, 6.07) is 16.5. The lowest BCUT2D eigenvalue weighted by Crippen LogP contribution is -2.12. The maximum Gasteiger partial charge on any atom is 0.270 e. The van der Waals surface area contributed by atoms with Crippen LogP contribution in [0.15, 0.2) is 69.6 Å². The Morgan fingerprint density at radius 2 is 1.97 bits per heavy atom. The monoisotopic (exact) mass is 563 g/mol. The molecule has 4 rings (SSSR count). The minimum Gasteiger partial charge on any atom is -0.436 e. The molecule has 0 atom stereocenters. The highest BCUT2D eigenvalue weighted by Gasteiger charge is 2.15. The molecule has 9 heteroatoms. The zero-order chi connectivity index (χ0) is 20.5. The third-order valence-electron chi connectivity index (χ3n) is 4.12. The Balaban J connectivity index is 1.62. The van der Waals surface area contributed by atoms with Crippen molar-refractivity contribution in [3.8, 4) is 11.5 Å². The molecule has 0 aliphatic rings. The number of oxazole rings is 1. The molecule has 1 N–H and O–H groups in total. The molecule has 0 aliphatic carbocycles. The SMILES string of the molecule is O=C(Nc1ccc2oc(-c3cc(I)ccc3Br)nc2c1)c1cccc([N+](=O)[O-])c1. The number of carbonyl (C=O) groups excluding carboxylic acids is 1. The minimum atomic E-state index is -0.539. The third-order valence-corrected chi connectivity index (χ3v) is 5.49. The Hall–Kier alpha value is -2.79. The van der Waals surface area contributed by atoms with Gasteiger partial charge in [-0.3, -0.25) is 14.9 Å². The normalized spacial score (nSPS) is 10.8. The maximum absolute atomic E-state index is 12.4. The summed E-state index contributed by atoms with van der Waals surface area (Å²) >= 11 is 5.72. The predicted molar refractivity (Wildman–Crippen MR) is 121 cm³/mol. The van der Waals surface area contributed by atoms with Crippen LogP contribution >= 0.6 is 38.5 Å². The average Bonchev–Trinajstić information content (AvgIpc) is 3.13. The first-order valence-corrected chi connectivity index (χ1v) is 10.2. The van der Waals surface area contributed by atoms with Gasteiger partial charge in [0.05, 0.1) is 10.5 Å². The fourth-order valence-electron chi connectivity index (χ4n) is 2.75. The largest absolute Gasteiger partial charge is 0.436 e. The summed E-state index contributed by atoms with van der Waals surface area (Å²) in [7, 11) is 0. The molecular weight excluding hydrogens is 553 g/mol. The van der Waals surface area contributed by atoms with E-state index in [1.165, 1.54) is 24.3 Å². The number of nitrogens with zero attached hydrogens (tertiary/aromatic N) is 2. The van der Waals surface area contributed by atoms with Gasteiger partial charge in [-0.05, 0) is 81.0 Å². The first-order chi connectivity index (χ1) is 13.9. The van der Waals surface area contributed by atoms with Gasteiger partial charge in [0, 0.05) is 31.4 Å². The molecule has 0 fully saturated rings. The van der Waals surface area contributed by atoms with E-state index >= 15 is 0 Å². The van der Waals surface area contributed by atoms with E-state index in [2.05, 4.69) is 48.8 Å². The van der Waals surface area contributed by atoms with Crippen LogP contribution in [0.2, 0.25) is 0 Å². The van der Waals surface area contributed by atoms with Crippen LogP contribution in [0, 0.1) is 13.7 Å². The summed E-state index contributed by atoms with van der Waals surface area (Å²) in [4.78, 5) is 27.3. The number of carbonyl (C=O) groups is 1. The van der Waals surface area contributed by atoms with Crippen LogP contribution in [0.3, 0.4) is 0 Å². The van der Waals surface area contributed by atoms with Crippen molar-refractivity contribution in [1.82, 2.24) is 4.98 Å². The molecule has 0 radical (unpaired) electrons. The van der Waals surface area contributed by atoms with Crippen LogP contribution in [-0.2, 0) is 0 Å². The number of anilines is 1. The molecule has 1 heterocycles. The topological polar surface area (TPSA) is 98.3 Å². The molecule has 144 valence electrons. The van der Waals surface area contributed by atoms with E-state index in [9.17, 15) is 14.9 Å². The number of rotatable bonds is 4. The second-order valence-corrected chi connectivity index (χ2v) is 8.19. The van der Waals surface area contributed by atoms with Gasteiger partial charge in [0.25, 0.3) is 11.6 Å². The van der Waals surface area contributed by atoms with E-state index < -0.39 is 10.8 Å². The summed E-state index contributed by atoms with van der Waals surface area (Å²) in [5.41, 5.74) is 2.56. The number of non-ortho nitro benzene ring substituents is 1. The molecule has 0 saturated carbocycles. The number of nitrogens with one attached hydrogen (secondary N) is 1. The Morgan fingerprint density at radius 3 is 2.76 bits per heavy atom. The van der Waals surface area contributed by atoms with E-state index in [0.29, 0.717) is 22.7 Å². The van der Waals surface area contributed by atoms with Crippen LogP contribution in [-0.4, -0.2) is 15.8 Å². The standard InChI is InChI=1S/C20H11BrIN3O4/c21-16-6-4-12(22)9-15(16)20-24-17-10-13(5-7-18(17)29-20)23-19(26)11-2-1-3-14(8-11)25(27)28/h1-10H,(H,23,26). The minimum absolute atomic E-state index is 0.141. The molecule has 0 bridgehead atoms. The van der Waals surface area contributed by atoms with Gasteiger partial charge in [-0.2, -0.15) is 0 Å². The summed E-state index contributed by atoms with van der Waals surface area (Å²) < 4.78 is 7.76. The first-order valence-electron chi connectivity index (χ1n) is 8.32. The van der Waals surface area contributed by atoms with Crippen LogP contribution < -0.4 is 5.32 Å². The average molecular weight is 564 g/mol. The number of hydrogen-bond donors (Lipinski definition) is 1. The molecular formula is C20H11BrIN3O4. The Morgan fingerprint density at radius 1 is 1.14 bits per heavy atom. The highest BCUT2D eigenvalue weighted by molar-refractivity contribution is 14.1. The second kappa shape index (κ2) is 7.91. The quantitative estimate of drug-likeness (QED) is 0.186. The molecule has 29 heavy (non-hydrogen) atoms. The van der Waals surface area contributed by atoms with E-state index in [1.807, 2.05) is 18.2 Å². The molecule has 0 unspecified atom stereocenters. The number of nitro groups is 1. The van der Waals surface area contributed by atoms with Crippen molar-refractivity contribution in [3.63, 3.8) is 0 Å². The molecule has 4 aromatic rings. The zero-order valence-electron chi connectivity index (χ0n) is 14.6. The maximum atomic E-state index is 12.4. The van der Waals surface area contributed by atoms with Crippen LogP contribution in [0.5, 0.6) is 0 Å². The van der Waals surface area contributed by atoms with Gasteiger partial charge in [-0.25, -0.2) is 4.98 Å². The lowest BCUT2D eigenvalue weighted by molar-refractivity contribution is -0.384. The summed E-state index contributed by atoms with van der Waals surface area (Å²) in [5.74, 6) is 0.0182. The molecule has 3 aromatic carbocycles. The van der Waals surface area contributed by atoms with Gasteiger partial charge >= 0.3 is 0 Å². The summed E-state index contributed by atoms with van der Waals surface area (Å²) in [6.07, 6.45) is 0. The zero-order valence-corrected chi connectivity index (χ0v) is 18.3. The number of halogens is 2. The second-order valence-electron chi connectivity index (χ2n) is 6.09. The van der Waals surface area contributed by atoms with E-state index in [1.54, 1.807) is 18.2 Å². The van der Waals surface area contributed by atoms with Gasteiger partial charge < -0.3 is 9.73 Å². The fraction of sp³-hybridized carbons (Fsp3) is 0. The van der Waals surface area contributed by atoms with Crippen LogP contribution in [0.25, 0.3) is 22.6 Å². The van der Waals surface area contributed by atoms with E-state index in [0.717, 1.165) is 13.6 Å².